The van der Waals surface area contributed by atoms with Gasteiger partial charge in [0, 0.05) is 20.6 Å². The average Bonchev–Trinajstić information content (AvgIpc) is 2.59. The van der Waals surface area contributed by atoms with Crippen molar-refractivity contribution in [2.75, 3.05) is 0 Å². The summed E-state index contributed by atoms with van der Waals surface area (Å²) in [5, 5.41) is 2.04. The zero-order valence-electron chi connectivity index (χ0n) is 8.63. The van der Waals surface area contributed by atoms with Crippen LogP contribution in [0.3, 0.4) is 0 Å². The zero-order valence-corrected chi connectivity index (χ0v) is 11.0. The van der Waals surface area contributed by atoms with Gasteiger partial charge in [-0.25, -0.2) is 0 Å². The van der Waals surface area contributed by atoms with E-state index >= 15 is 0 Å². The lowest BCUT2D eigenvalue weighted by molar-refractivity contribution is -0.119. The first-order valence-corrected chi connectivity index (χ1v) is 6.83. The normalized spacial score (nSPS) is 24.8. The minimum Gasteiger partial charge on any atom is -0.294 e. The largest absolute Gasteiger partial charge is 0.294 e. The highest BCUT2D eigenvalue weighted by atomic mass is 79.9. The highest BCUT2D eigenvalue weighted by Crippen LogP contribution is 2.29. The lowest BCUT2D eigenvalue weighted by Gasteiger charge is -2.18. The van der Waals surface area contributed by atoms with Crippen molar-refractivity contribution in [2.45, 2.75) is 26.2 Å². The number of hydrogen-bond donors (Lipinski definition) is 0. The maximum Gasteiger partial charge on any atom is 0.161 e. The average molecular weight is 285 g/mol. The van der Waals surface area contributed by atoms with Gasteiger partial charge in [-0.05, 0) is 52.9 Å². The van der Waals surface area contributed by atoms with Gasteiger partial charge in [-0.2, -0.15) is 0 Å². The Morgan fingerprint density at radius 2 is 2.40 bits per heavy atom. The van der Waals surface area contributed by atoms with Crippen LogP contribution in [0.1, 0.15) is 31.1 Å². The number of carbonyl (C=O) groups excluding carboxylic acids is 1. The number of halogens is 1. The second kappa shape index (κ2) is 4.62. The molecule has 0 N–H and O–H groups in total. The van der Waals surface area contributed by atoms with Gasteiger partial charge in [0.05, 0.1) is 0 Å². The van der Waals surface area contributed by atoms with Gasteiger partial charge in [0.15, 0.2) is 5.78 Å². The Bertz CT molecular complexity index is 406. The Morgan fingerprint density at radius 1 is 1.60 bits per heavy atom. The first kappa shape index (κ1) is 11.1. The van der Waals surface area contributed by atoms with E-state index in [1.54, 1.807) is 11.3 Å². The third-order valence-electron chi connectivity index (χ3n) is 2.75. The van der Waals surface area contributed by atoms with Gasteiger partial charge in [-0.15, -0.1) is 11.3 Å². The third kappa shape index (κ3) is 2.58. The van der Waals surface area contributed by atoms with Crippen molar-refractivity contribution in [3.8, 4) is 0 Å². The van der Waals surface area contributed by atoms with Crippen LogP contribution in [0.15, 0.2) is 21.5 Å². The molecule has 1 saturated carbocycles. The Hall–Kier alpha value is -0.410. The molecule has 0 bridgehead atoms. The summed E-state index contributed by atoms with van der Waals surface area (Å²) in [7, 11) is 0. The summed E-state index contributed by atoms with van der Waals surface area (Å²) in [6, 6.07) is 2.06. The smallest absolute Gasteiger partial charge is 0.161 e. The van der Waals surface area contributed by atoms with Gasteiger partial charge in [0.25, 0.3) is 0 Å². The molecule has 1 fully saturated rings. The molecule has 3 heteroatoms. The summed E-state index contributed by atoms with van der Waals surface area (Å²) in [6.45, 7) is 2.03. The third-order valence-corrected chi connectivity index (χ3v) is 4.39. The van der Waals surface area contributed by atoms with E-state index < -0.39 is 0 Å². The van der Waals surface area contributed by atoms with E-state index in [1.807, 2.05) is 18.4 Å². The van der Waals surface area contributed by atoms with E-state index in [0.717, 1.165) is 29.3 Å². The maximum absolute atomic E-state index is 11.9. The van der Waals surface area contributed by atoms with E-state index in [1.165, 1.54) is 4.88 Å². The van der Waals surface area contributed by atoms with Gasteiger partial charge >= 0.3 is 0 Å². The quantitative estimate of drug-likeness (QED) is 0.704. The van der Waals surface area contributed by atoms with Crippen molar-refractivity contribution in [1.29, 1.82) is 0 Å². The molecule has 0 aromatic carbocycles. The standard InChI is InChI=1S/C12H13BrOS/c1-8-3-2-4-9(12(8)14)5-11-6-10(13)7-15-11/h5-8H,2-4H2,1H3/t8-/m1/s1. The molecule has 15 heavy (non-hydrogen) atoms. The van der Waals surface area contributed by atoms with Crippen LogP contribution in [0, 0.1) is 5.92 Å². The van der Waals surface area contributed by atoms with Gasteiger partial charge < -0.3 is 0 Å². The van der Waals surface area contributed by atoms with Crippen LogP contribution < -0.4 is 0 Å². The minimum absolute atomic E-state index is 0.216. The molecule has 0 amide bonds. The first-order chi connectivity index (χ1) is 7.16. The van der Waals surface area contributed by atoms with Gasteiger partial charge in [-0.3, -0.25) is 4.79 Å². The van der Waals surface area contributed by atoms with Crippen LogP contribution in [0.25, 0.3) is 6.08 Å². The summed E-state index contributed by atoms with van der Waals surface area (Å²) in [6.07, 6.45) is 5.18. The molecule has 1 heterocycles. The Balaban J connectivity index is 2.22. The van der Waals surface area contributed by atoms with Crippen molar-refractivity contribution in [3.05, 3.63) is 26.4 Å². The van der Waals surface area contributed by atoms with Crippen LogP contribution >= 0.6 is 27.3 Å². The Labute approximate surface area is 102 Å². The molecule has 0 radical (unpaired) electrons. The fourth-order valence-electron chi connectivity index (χ4n) is 1.89. The van der Waals surface area contributed by atoms with E-state index in [4.69, 9.17) is 0 Å². The molecule has 1 aromatic heterocycles. The molecule has 0 aliphatic heterocycles. The number of thiophene rings is 1. The van der Waals surface area contributed by atoms with Crippen molar-refractivity contribution in [2.24, 2.45) is 5.92 Å². The number of ketones is 1. The number of hydrogen-bond acceptors (Lipinski definition) is 2. The van der Waals surface area contributed by atoms with Crippen molar-refractivity contribution in [1.82, 2.24) is 0 Å². The van der Waals surface area contributed by atoms with E-state index in [-0.39, 0.29) is 5.92 Å². The predicted octanol–water partition coefficient (Wildman–Crippen LogP) is 4.28. The van der Waals surface area contributed by atoms with E-state index in [0.29, 0.717) is 5.78 Å². The monoisotopic (exact) mass is 284 g/mol. The van der Waals surface area contributed by atoms with Gasteiger partial charge in [0.2, 0.25) is 0 Å². The minimum atomic E-state index is 0.216. The highest BCUT2D eigenvalue weighted by molar-refractivity contribution is 9.10. The van der Waals surface area contributed by atoms with E-state index in [9.17, 15) is 4.79 Å². The molecule has 1 atom stereocenters. The fraction of sp³-hybridized carbons (Fsp3) is 0.417. The van der Waals surface area contributed by atoms with Crippen LogP contribution in [-0.4, -0.2) is 5.78 Å². The van der Waals surface area contributed by atoms with Crippen LogP contribution in [0.2, 0.25) is 0 Å². The molecular weight excluding hydrogens is 272 g/mol. The molecule has 1 nitrogen and oxygen atoms in total. The molecule has 1 aliphatic carbocycles. The number of rotatable bonds is 1. The number of allylic oxidation sites excluding steroid dienone is 1. The molecule has 0 spiro atoms. The topological polar surface area (TPSA) is 17.1 Å². The van der Waals surface area contributed by atoms with Crippen molar-refractivity contribution >= 4 is 39.1 Å². The number of carbonyl (C=O) groups is 1. The summed E-state index contributed by atoms with van der Waals surface area (Å²) in [4.78, 5) is 13.0. The predicted molar refractivity (Wildman–Crippen MR) is 68.0 cm³/mol. The summed E-state index contributed by atoms with van der Waals surface area (Å²) >= 11 is 5.09. The van der Waals surface area contributed by atoms with Gasteiger partial charge in [0.1, 0.15) is 0 Å². The first-order valence-electron chi connectivity index (χ1n) is 5.15. The number of Topliss-reactive ketones (excluding diaryl/α,β-unsaturated/α-hetero) is 1. The maximum atomic E-state index is 11.9. The molecule has 0 unspecified atom stereocenters. The second-order valence-electron chi connectivity index (χ2n) is 3.99. The summed E-state index contributed by atoms with van der Waals surface area (Å²) < 4.78 is 1.09. The van der Waals surface area contributed by atoms with Crippen molar-refractivity contribution < 1.29 is 4.79 Å². The van der Waals surface area contributed by atoms with Crippen molar-refractivity contribution in [3.63, 3.8) is 0 Å². The second-order valence-corrected chi connectivity index (χ2v) is 5.85. The molecule has 1 aromatic rings. The van der Waals surface area contributed by atoms with Crippen LogP contribution in [-0.2, 0) is 4.79 Å². The molecule has 0 saturated heterocycles. The SMILES string of the molecule is C[C@@H]1CCCC(=Cc2cc(Br)cs2)C1=O. The van der Waals surface area contributed by atoms with E-state index in [2.05, 4.69) is 22.0 Å². The fourth-order valence-corrected chi connectivity index (χ4v) is 3.29. The zero-order chi connectivity index (χ0) is 10.8. The molecular formula is C12H13BrOS. The lowest BCUT2D eigenvalue weighted by Crippen LogP contribution is -2.18. The Kier molecular flexibility index (Phi) is 3.42. The molecule has 2 rings (SSSR count). The van der Waals surface area contributed by atoms with Crippen LogP contribution in [0.4, 0.5) is 0 Å². The Morgan fingerprint density at radius 3 is 3.07 bits per heavy atom. The molecule has 1 aliphatic rings. The van der Waals surface area contributed by atoms with Crippen LogP contribution in [0.5, 0.6) is 0 Å². The summed E-state index contributed by atoms with van der Waals surface area (Å²) in [5.74, 6) is 0.555. The summed E-state index contributed by atoms with van der Waals surface area (Å²) in [5.41, 5.74) is 1.00. The lowest BCUT2D eigenvalue weighted by atomic mass is 9.85. The molecule has 80 valence electrons. The van der Waals surface area contributed by atoms with Gasteiger partial charge in [-0.1, -0.05) is 6.92 Å². The highest BCUT2D eigenvalue weighted by Gasteiger charge is 2.22.